The van der Waals surface area contributed by atoms with Crippen LogP contribution in [0.4, 0.5) is 5.69 Å². The van der Waals surface area contributed by atoms with Gasteiger partial charge in [-0.3, -0.25) is 14.4 Å². The second kappa shape index (κ2) is 6.70. The van der Waals surface area contributed by atoms with Gasteiger partial charge in [0.2, 0.25) is 11.8 Å². The number of amides is 2. The molecule has 2 aromatic rings. The number of carbonyl (C=O) groups excluding carboxylic acids is 2. The molecule has 24 heavy (non-hydrogen) atoms. The van der Waals surface area contributed by atoms with Crippen LogP contribution in [-0.2, 0) is 16.1 Å². The number of hydrogen-bond acceptors (Lipinski definition) is 3. The van der Waals surface area contributed by atoms with Gasteiger partial charge in [-0.05, 0) is 11.6 Å². The Balaban J connectivity index is 1.73. The van der Waals surface area contributed by atoms with E-state index in [1.165, 1.54) is 6.07 Å². The molecule has 0 spiro atoms. The third-order valence-corrected chi connectivity index (χ3v) is 4.16. The second-order valence-electron chi connectivity index (χ2n) is 6.03. The highest BCUT2D eigenvalue weighted by molar-refractivity contribution is 5.97. The number of hydrogen-bond donors (Lipinski definition) is 1. The van der Waals surface area contributed by atoms with Gasteiger partial charge in [0, 0.05) is 32.3 Å². The van der Waals surface area contributed by atoms with Crippen LogP contribution >= 0.6 is 0 Å². The van der Waals surface area contributed by atoms with Crippen LogP contribution in [0.1, 0.15) is 12.0 Å². The average molecular weight is 325 g/mol. The maximum absolute atomic E-state index is 12.3. The molecule has 0 aliphatic carbocycles. The Bertz CT molecular complexity index is 814. The third-order valence-electron chi connectivity index (χ3n) is 4.16. The third kappa shape index (κ3) is 3.53. The highest BCUT2D eigenvalue weighted by Gasteiger charge is 2.32. The van der Waals surface area contributed by atoms with E-state index in [1.54, 1.807) is 28.8 Å². The minimum Gasteiger partial charge on any atom is -0.345 e. The molecular weight excluding hydrogens is 306 g/mol. The van der Waals surface area contributed by atoms with Gasteiger partial charge in [-0.25, -0.2) is 0 Å². The molecular formula is C18H19N3O3. The van der Waals surface area contributed by atoms with Crippen LogP contribution in [0.3, 0.4) is 0 Å². The Morgan fingerprint density at radius 2 is 1.92 bits per heavy atom. The molecule has 0 saturated carbocycles. The summed E-state index contributed by atoms with van der Waals surface area (Å²) in [7, 11) is 1.69. The fraction of sp³-hybridized carbons (Fsp3) is 0.278. The predicted octanol–water partition coefficient (Wildman–Crippen LogP) is 1.31. The van der Waals surface area contributed by atoms with E-state index in [4.69, 9.17) is 0 Å². The summed E-state index contributed by atoms with van der Waals surface area (Å²) in [4.78, 5) is 37.4. The van der Waals surface area contributed by atoms with Crippen molar-refractivity contribution < 1.29 is 9.59 Å². The number of pyridine rings is 1. The molecule has 6 heteroatoms. The van der Waals surface area contributed by atoms with Gasteiger partial charge in [-0.1, -0.05) is 30.3 Å². The van der Waals surface area contributed by atoms with Crippen LogP contribution in [0.15, 0.2) is 53.5 Å². The molecule has 2 heterocycles. The zero-order chi connectivity index (χ0) is 17.1. The fourth-order valence-corrected chi connectivity index (χ4v) is 2.79. The number of carbonyl (C=O) groups is 2. The van der Waals surface area contributed by atoms with E-state index in [1.807, 2.05) is 30.3 Å². The van der Waals surface area contributed by atoms with Crippen LogP contribution in [0.2, 0.25) is 0 Å². The number of nitrogens with one attached hydrogen (secondary N) is 1. The number of nitrogens with zero attached hydrogens (tertiary/aromatic N) is 2. The Morgan fingerprint density at radius 3 is 2.58 bits per heavy atom. The van der Waals surface area contributed by atoms with Crippen molar-refractivity contribution in [1.29, 1.82) is 0 Å². The molecule has 6 nitrogen and oxygen atoms in total. The zero-order valence-electron chi connectivity index (χ0n) is 13.4. The van der Waals surface area contributed by atoms with Gasteiger partial charge < -0.3 is 14.8 Å². The van der Waals surface area contributed by atoms with Gasteiger partial charge in [0.1, 0.15) is 0 Å². The SMILES string of the molecule is CN1CC(C(=O)Nc2ccc(=O)n(Cc3ccccc3)c2)CC1=O. The number of aromatic nitrogens is 1. The summed E-state index contributed by atoms with van der Waals surface area (Å²) >= 11 is 0. The Hall–Kier alpha value is -2.89. The summed E-state index contributed by atoms with van der Waals surface area (Å²) in [5, 5.41) is 2.80. The molecule has 1 aliphatic heterocycles. The standard InChI is InChI=1S/C18H19N3O3/c1-20-11-14(9-17(20)23)18(24)19-15-7-8-16(22)21(12-15)10-13-5-3-2-4-6-13/h2-8,12,14H,9-11H2,1H3,(H,19,24). The summed E-state index contributed by atoms with van der Waals surface area (Å²) in [6.45, 7) is 0.863. The molecule has 1 aliphatic rings. The van der Waals surface area contributed by atoms with E-state index >= 15 is 0 Å². The molecule has 1 unspecified atom stereocenters. The molecule has 1 fully saturated rings. The molecule has 0 bridgehead atoms. The molecule has 0 radical (unpaired) electrons. The Morgan fingerprint density at radius 1 is 1.17 bits per heavy atom. The zero-order valence-corrected chi connectivity index (χ0v) is 13.4. The molecule has 3 rings (SSSR count). The largest absolute Gasteiger partial charge is 0.345 e. The van der Waals surface area contributed by atoms with Crippen molar-refractivity contribution in [3.63, 3.8) is 0 Å². The maximum Gasteiger partial charge on any atom is 0.250 e. The monoisotopic (exact) mass is 325 g/mol. The first-order valence-corrected chi connectivity index (χ1v) is 7.82. The smallest absolute Gasteiger partial charge is 0.250 e. The lowest BCUT2D eigenvalue weighted by Gasteiger charge is -2.13. The van der Waals surface area contributed by atoms with Gasteiger partial charge in [-0.15, -0.1) is 0 Å². The van der Waals surface area contributed by atoms with Crippen molar-refractivity contribution in [2.45, 2.75) is 13.0 Å². The van der Waals surface area contributed by atoms with Crippen molar-refractivity contribution in [1.82, 2.24) is 9.47 Å². The van der Waals surface area contributed by atoms with Gasteiger partial charge in [-0.2, -0.15) is 0 Å². The first-order valence-electron chi connectivity index (χ1n) is 7.82. The van der Waals surface area contributed by atoms with Crippen LogP contribution in [-0.4, -0.2) is 34.9 Å². The van der Waals surface area contributed by atoms with Gasteiger partial charge >= 0.3 is 0 Å². The normalized spacial score (nSPS) is 17.1. The van der Waals surface area contributed by atoms with Gasteiger partial charge in [0.05, 0.1) is 18.2 Å². The summed E-state index contributed by atoms with van der Waals surface area (Å²) in [5.74, 6) is -0.571. The van der Waals surface area contributed by atoms with Crippen molar-refractivity contribution in [2.75, 3.05) is 18.9 Å². The summed E-state index contributed by atoms with van der Waals surface area (Å²) < 4.78 is 1.55. The quantitative estimate of drug-likeness (QED) is 0.921. The lowest BCUT2D eigenvalue weighted by Crippen LogP contribution is -2.27. The topological polar surface area (TPSA) is 71.4 Å². The fourth-order valence-electron chi connectivity index (χ4n) is 2.79. The van der Waals surface area contributed by atoms with Crippen molar-refractivity contribution in [3.8, 4) is 0 Å². The van der Waals surface area contributed by atoms with Crippen LogP contribution in [0, 0.1) is 5.92 Å². The molecule has 1 saturated heterocycles. The highest BCUT2D eigenvalue weighted by Crippen LogP contribution is 2.18. The molecule has 124 valence electrons. The number of benzene rings is 1. The minimum absolute atomic E-state index is 0.0239. The van der Waals surface area contributed by atoms with Crippen molar-refractivity contribution >= 4 is 17.5 Å². The molecule has 2 amide bonds. The van der Waals surface area contributed by atoms with Crippen molar-refractivity contribution in [2.24, 2.45) is 5.92 Å². The number of anilines is 1. The van der Waals surface area contributed by atoms with Crippen LogP contribution < -0.4 is 10.9 Å². The summed E-state index contributed by atoms with van der Waals surface area (Å²) in [6.07, 6.45) is 1.86. The predicted molar refractivity (Wildman–Crippen MR) is 90.6 cm³/mol. The molecule has 1 N–H and O–H groups in total. The molecule has 1 aromatic carbocycles. The summed E-state index contributed by atoms with van der Waals surface area (Å²) in [5.41, 5.74) is 1.43. The van der Waals surface area contributed by atoms with E-state index in [0.29, 0.717) is 18.8 Å². The van der Waals surface area contributed by atoms with Crippen LogP contribution in [0.25, 0.3) is 0 Å². The van der Waals surface area contributed by atoms with Gasteiger partial charge in [0.25, 0.3) is 5.56 Å². The van der Waals surface area contributed by atoms with E-state index in [0.717, 1.165) is 5.56 Å². The lowest BCUT2D eigenvalue weighted by molar-refractivity contribution is -0.127. The molecule has 1 atom stereocenters. The number of rotatable bonds is 4. The Kier molecular flexibility index (Phi) is 4.46. The first kappa shape index (κ1) is 16.0. The minimum atomic E-state index is -0.350. The lowest BCUT2D eigenvalue weighted by atomic mass is 10.1. The van der Waals surface area contributed by atoms with Gasteiger partial charge in [0.15, 0.2) is 0 Å². The summed E-state index contributed by atoms with van der Waals surface area (Å²) in [6, 6.07) is 12.7. The second-order valence-corrected chi connectivity index (χ2v) is 6.03. The average Bonchev–Trinajstić information content (AvgIpc) is 2.91. The number of likely N-dealkylation sites (tertiary alicyclic amines) is 1. The van der Waals surface area contributed by atoms with E-state index in [-0.39, 0.29) is 29.7 Å². The first-order chi connectivity index (χ1) is 11.5. The van der Waals surface area contributed by atoms with Crippen molar-refractivity contribution in [3.05, 3.63) is 64.6 Å². The molecule has 1 aromatic heterocycles. The van der Waals surface area contributed by atoms with E-state index < -0.39 is 0 Å². The van der Waals surface area contributed by atoms with E-state index in [9.17, 15) is 14.4 Å². The maximum atomic E-state index is 12.3. The van der Waals surface area contributed by atoms with Crippen LogP contribution in [0.5, 0.6) is 0 Å². The van der Waals surface area contributed by atoms with E-state index in [2.05, 4.69) is 5.32 Å². The Labute approximate surface area is 139 Å². The highest BCUT2D eigenvalue weighted by atomic mass is 16.2.